The lowest BCUT2D eigenvalue weighted by Gasteiger charge is -2.25. The first-order chi connectivity index (χ1) is 8.15. The van der Waals surface area contributed by atoms with Crippen molar-refractivity contribution in [3.63, 3.8) is 0 Å². The van der Waals surface area contributed by atoms with Crippen molar-refractivity contribution in [2.75, 3.05) is 19.7 Å². The summed E-state index contributed by atoms with van der Waals surface area (Å²) in [5.74, 6) is 0. The van der Waals surface area contributed by atoms with E-state index in [2.05, 4.69) is 0 Å². The highest BCUT2D eigenvalue weighted by atomic mass is 16.6. The molecule has 1 atom stereocenters. The second kappa shape index (κ2) is 7.09. The van der Waals surface area contributed by atoms with E-state index in [9.17, 15) is 14.9 Å². The fourth-order valence-corrected chi connectivity index (χ4v) is 1.92. The Morgan fingerprint density at radius 1 is 1.41 bits per heavy atom. The molecule has 0 N–H and O–H groups in total. The lowest BCUT2D eigenvalue weighted by molar-refractivity contribution is -0.526. The molecule has 0 saturated carbocycles. The number of nitrogens with zero attached hydrogens (tertiary/aromatic N) is 2. The molecule has 1 fully saturated rings. The summed E-state index contributed by atoms with van der Waals surface area (Å²) in [7, 11) is 0. The lowest BCUT2D eigenvalue weighted by Crippen LogP contribution is -2.38. The van der Waals surface area contributed by atoms with Gasteiger partial charge in [0, 0.05) is 24.4 Å². The minimum Gasteiger partial charge on any atom is -0.442 e. The van der Waals surface area contributed by atoms with Crippen LogP contribution in [0.15, 0.2) is 0 Å². The third-order valence-electron chi connectivity index (χ3n) is 2.93. The molecular formula is C11H20N2O4. The first-order valence-corrected chi connectivity index (χ1v) is 6.20. The van der Waals surface area contributed by atoms with E-state index in [1.54, 1.807) is 4.90 Å². The number of nitro groups is 1. The van der Waals surface area contributed by atoms with Crippen molar-refractivity contribution in [1.82, 2.24) is 4.90 Å². The van der Waals surface area contributed by atoms with E-state index in [1.165, 1.54) is 0 Å². The van der Waals surface area contributed by atoms with Crippen molar-refractivity contribution >= 4 is 6.09 Å². The Bertz CT molecular complexity index is 264. The molecule has 1 rings (SSSR count). The second-order valence-corrected chi connectivity index (χ2v) is 4.35. The highest BCUT2D eigenvalue weighted by Gasteiger charge is 2.24. The SMILES string of the molecule is CCCC(COC(=O)N1CCCCC1)[N+](=O)[O-]. The molecule has 0 radical (unpaired) electrons. The zero-order valence-corrected chi connectivity index (χ0v) is 10.3. The highest BCUT2D eigenvalue weighted by molar-refractivity contribution is 5.67. The Morgan fingerprint density at radius 3 is 2.59 bits per heavy atom. The number of hydrogen-bond donors (Lipinski definition) is 0. The predicted octanol–water partition coefficient (Wildman–Crippen LogP) is 2.05. The van der Waals surface area contributed by atoms with Gasteiger partial charge in [-0.1, -0.05) is 6.92 Å². The van der Waals surface area contributed by atoms with E-state index in [-0.39, 0.29) is 11.5 Å². The highest BCUT2D eigenvalue weighted by Crippen LogP contribution is 2.10. The van der Waals surface area contributed by atoms with Crippen LogP contribution in [0.25, 0.3) is 0 Å². The van der Waals surface area contributed by atoms with Crippen LogP contribution in [0, 0.1) is 10.1 Å². The summed E-state index contributed by atoms with van der Waals surface area (Å²) in [5, 5.41) is 10.7. The molecule has 1 aliphatic rings. The average molecular weight is 244 g/mol. The smallest absolute Gasteiger partial charge is 0.410 e. The van der Waals surface area contributed by atoms with Gasteiger partial charge in [0.2, 0.25) is 6.04 Å². The topological polar surface area (TPSA) is 72.7 Å². The molecule has 1 amide bonds. The fourth-order valence-electron chi connectivity index (χ4n) is 1.92. The summed E-state index contributed by atoms with van der Waals surface area (Å²) in [6.45, 7) is 3.17. The Morgan fingerprint density at radius 2 is 2.06 bits per heavy atom. The van der Waals surface area contributed by atoms with E-state index < -0.39 is 12.1 Å². The minimum absolute atomic E-state index is 0.115. The van der Waals surface area contributed by atoms with Crippen LogP contribution < -0.4 is 0 Å². The quantitative estimate of drug-likeness (QED) is 0.548. The van der Waals surface area contributed by atoms with Crippen LogP contribution in [0.5, 0.6) is 0 Å². The van der Waals surface area contributed by atoms with Crippen molar-refractivity contribution in [1.29, 1.82) is 0 Å². The summed E-state index contributed by atoms with van der Waals surface area (Å²) in [4.78, 5) is 23.6. The van der Waals surface area contributed by atoms with E-state index >= 15 is 0 Å². The maximum atomic E-state index is 11.6. The molecule has 6 heteroatoms. The number of carbonyl (C=O) groups is 1. The Hall–Kier alpha value is -1.33. The van der Waals surface area contributed by atoms with Gasteiger partial charge < -0.3 is 9.64 Å². The molecule has 1 unspecified atom stereocenters. The molecule has 0 aromatic heterocycles. The molecule has 1 heterocycles. The maximum Gasteiger partial charge on any atom is 0.410 e. The van der Waals surface area contributed by atoms with Crippen molar-refractivity contribution in [3.8, 4) is 0 Å². The Kier molecular flexibility index (Phi) is 5.72. The fraction of sp³-hybridized carbons (Fsp3) is 0.909. The van der Waals surface area contributed by atoms with Gasteiger partial charge in [0.05, 0.1) is 0 Å². The van der Waals surface area contributed by atoms with E-state index in [0.29, 0.717) is 25.9 Å². The first kappa shape index (κ1) is 13.7. The molecule has 0 bridgehead atoms. The molecule has 6 nitrogen and oxygen atoms in total. The summed E-state index contributed by atoms with van der Waals surface area (Å²) < 4.78 is 5.00. The number of piperidine rings is 1. The molecule has 17 heavy (non-hydrogen) atoms. The van der Waals surface area contributed by atoms with Crippen molar-refractivity contribution in [2.45, 2.75) is 45.1 Å². The molecule has 0 aliphatic carbocycles. The van der Waals surface area contributed by atoms with Gasteiger partial charge in [-0.15, -0.1) is 0 Å². The van der Waals surface area contributed by atoms with Gasteiger partial charge in [-0.25, -0.2) is 4.79 Å². The summed E-state index contributed by atoms with van der Waals surface area (Å²) >= 11 is 0. The molecule has 1 saturated heterocycles. The molecule has 98 valence electrons. The van der Waals surface area contributed by atoms with Gasteiger partial charge in [-0.2, -0.15) is 0 Å². The van der Waals surface area contributed by atoms with Gasteiger partial charge in [0.25, 0.3) is 0 Å². The minimum atomic E-state index is -0.770. The number of amides is 1. The van der Waals surface area contributed by atoms with Crippen LogP contribution in [-0.4, -0.2) is 41.7 Å². The molecule has 0 aromatic carbocycles. The monoisotopic (exact) mass is 244 g/mol. The molecular weight excluding hydrogens is 224 g/mol. The van der Waals surface area contributed by atoms with Gasteiger partial charge >= 0.3 is 6.09 Å². The van der Waals surface area contributed by atoms with Crippen LogP contribution in [0.1, 0.15) is 39.0 Å². The molecule has 0 spiro atoms. The normalized spacial score (nSPS) is 17.6. The predicted molar refractivity (Wildman–Crippen MR) is 62.5 cm³/mol. The third kappa shape index (κ3) is 4.58. The summed E-state index contributed by atoms with van der Waals surface area (Å²) in [6.07, 6.45) is 3.86. The van der Waals surface area contributed by atoms with Crippen LogP contribution in [0.3, 0.4) is 0 Å². The Balaban J connectivity index is 2.32. The maximum absolute atomic E-state index is 11.6. The molecule has 1 aliphatic heterocycles. The van der Waals surface area contributed by atoms with Gasteiger partial charge in [0.15, 0.2) is 6.61 Å². The summed E-state index contributed by atoms with van der Waals surface area (Å²) in [6, 6.07) is -0.770. The number of rotatable bonds is 5. The standard InChI is InChI=1S/C11H20N2O4/c1-2-6-10(13(15)16)9-17-11(14)12-7-4-3-5-8-12/h10H,2-9H2,1H3. The zero-order valence-electron chi connectivity index (χ0n) is 10.3. The number of hydrogen-bond acceptors (Lipinski definition) is 4. The van der Waals surface area contributed by atoms with Gasteiger partial charge in [0.1, 0.15) is 0 Å². The second-order valence-electron chi connectivity index (χ2n) is 4.35. The largest absolute Gasteiger partial charge is 0.442 e. The van der Waals surface area contributed by atoms with Crippen LogP contribution >= 0.6 is 0 Å². The van der Waals surface area contributed by atoms with Gasteiger partial charge in [-0.3, -0.25) is 10.1 Å². The van der Waals surface area contributed by atoms with E-state index in [0.717, 1.165) is 19.3 Å². The van der Waals surface area contributed by atoms with Crippen molar-refractivity contribution < 1.29 is 14.5 Å². The van der Waals surface area contributed by atoms with Crippen molar-refractivity contribution in [3.05, 3.63) is 10.1 Å². The van der Waals surface area contributed by atoms with Crippen LogP contribution in [-0.2, 0) is 4.74 Å². The van der Waals surface area contributed by atoms with Crippen molar-refractivity contribution in [2.24, 2.45) is 0 Å². The third-order valence-corrected chi connectivity index (χ3v) is 2.93. The Labute approximate surface area is 101 Å². The number of likely N-dealkylation sites (tertiary alicyclic amines) is 1. The van der Waals surface area contributed by atoms with E-state index in [4.69, 9.17) is 4.74 Å². The van der Waals surface area contributed by atoms with Crippen LogP contribution in [0.4, 0.5) is 4.79 Å². The zero-order chi connectivity index (χ0) is 12.7. The average Bonchev–Trinajstić information content (AvgIpc) is 2.34. The first-order valence-electron chi connectivity index (χ1n) is 6.20. The molecule has 0 aromatic rings. The summed E-state index contributed by atoms with van der Waals surface area (Å²) in [5.41, 5.74) is 0. The lowest BCUT2D eigenvalue weighted by atomic mass is 10.1. The number of carbonyl (C=O) groups excluding carboxylic acids is 1. The van der Waals surface area contributed by atoms with Gasteiger partial charge in [-0.05, 0) is 25.7 Å². The van der Waals surface area contributed by atoms with Crippen LogP contribution in [0.2, 0.25) is 0 Å². The van der Waals surface area contributed by atoms with E-state index in [1.807, 2.05) is 6.92 Å². The number of ether oxygens (including phenoxy) is 1.